The Morgan fingerprint density at radius 3 is 2.50 bits per heavy atom. The van der Waals surface area contributed by atoms with Gasteiger partial charge in [-0.25, -0.2) is 5.11 Å². The molecular formula is C7H5Cl2O. The van der Waals surface area contributed by atoms with E-state index in [0.29, 0.717) is 15.6 Å². The molecule has 0 bridgehead atoms. The van der Waals surface area contributed by atoms with Crippen molar-refractivity contribution in [2.75, 3.05) is 0 Å². The van der Waals surface area contributed by atoms with Gasteiger partial charge in [-0.1, -0.05) is 35.3 Å². The zero-order valence-electron chi connectivity index (χ0n) is 5.10. The van der Waals surface area contributed by atoms with Crippen LogP contribution in [0.1, 0.15) is 5.56 Å². The topological polar surface area (TPSA) is 19.9 Å². The van der Waals surface area contributed by atoms with Gasteiger partial charge in [-0.3, -0.25) is 0 Å². The van der Waals surface area contributed by atoms with Crippen molar-refractivity contribution in [1.82, 2.24) is 0 Å². The average molecular weight is 176 g/mol. The molecule has 0 N–H and O–H groups in total. The van der Waals surface area contributed by atoms with Gasteiger partial charge in [-0.2, -0.15) is 0 Å². The van der Waals surface area contributed by atoms with Crippen LogP contribution in [-0.4, -0.2) is 0 Å². The first-order chi connectivity index (χ1) is 4.75. The lowest BCUT2D eigenvalue weighted by molar-refractivity contribution is 0.177. The Balaban J connectivity index is 3.14. The molecule has 0 heterocycles. The number of benzene rings is 1. The fourth-order valence-corrected chi connectivity index (χ4v) is 1.03. The Hall–Kier alpha value is -0.240. The van der Waals surface area contributed by atoms with Crippen LogP contribution in [-0.2, 0) is 11.7 Å². The molecular weight excluding hydrogens is 171 g/mol. The largest absolute Gasteiger partial charge is 0.232 e. The van der Waals surface area contributed by atoms with Gasteiger partial charge in [0.15, 0.2) is 0 Å². The van der Waals surface area contributed by atoms with Crippen molar-refractivity contribution >= 4 is 23.2 Å². The lowest BCUT2D eigenvalue weighted by atomic mass is 10.2. The molecule has 1 rings (SSSR count). The van der Waals surface area contributed by atoms with Crippen LogP contribution < -0.4 is 0 Å². The van der Waals surface area contributed by atoms with Crippen molar-refractivity contribution in [3.8, 4) is 0 Å². The number of rotatable bonds is 1. The van der Waals surface area contributed by atoms with E-state index in [2.05, 4.69) is 0 Å². The molecule has 1 radical (unpaired) electrons. The normalized spacial score (nSPS) is 9.90. The summed E-state index contributed by atoms with van der Waals surface area (Å²) < 4.78 is 0. The second-order valence-electron chi connectivity index (χ2n) is 1.86. The van der Waals surface area contributed by atoms with Crippen LogP contribution in [0.2, 0.25) is 10.0 Å². The van der Waals surface area contributed by atoms with Gasteiger partial charge in [-0.15, -0.1) is 0 Å². The summed E-state index contributed by atoms with van der Waals surface area (Å²) in [6, 6.07) is 5.03. The molecule has 10 heavy (non-hydrogen) atoms. The van der Waals surface area contributed by atoms with E-state index in [-0.39, 0.29) is 6.61 Å². The SMILES string of the molecule is [O]Cc1cccc(Cl)c1Cl. The lowest BCUT2D eigenvalue weighted by Crippen LogP contribution is -1.82. The van der Waals surface area contributed by atoms with Crippen molar-refractivity contribution < 1.29 is 5.11 Å². The van der Waals surface area contributed by atoms with Crippen molar-refractivity contribution in [1.29, 1.82) is 0 Å². The summed E-state index contributed by atoms with van der Waals surface area (Å²) in [4.78, 5) is 0. The van der Waals surface area contributed by atoms with Crippen molar-refractivity contribution in [2.24, 2.45) is 0 Å². The highest BCUT2D eigenvalue weighted by Gasteiger charge is 2.01. The van der Waals surface area contributed by atoms with Crippen LogP contribution in [0.15, 0.2) is 18.2 Å². The maximum absolute atomic E-state index is 10.4. The molecule has 0 atom stereocenters. The van der Waals surface area contributed by atoms with Gasteiger partial charge in [0.2, 0.25) is 0 Å². The highest BCUT2D eigenvalue weighted by atomic mass is 35.5. The van der Waals surface area contributed by atoms with E-state index in [1.54, 1.807) is 18.2 Å². The molecule has 0 saturated heterocycles. The van der Waals surface area contributed by atoms with Crippen LogP contribution in [0.4, 0.5) is 0 Å². The molecule has 0 amide bonds. The third kappa shape index (κ3) is 1.43. The summed E-state index contributed by atoms with van der Waals surface area (Å²) in [5.41, 5.74) is 0.550. The van der Waals surface area contributed by atoms with Crippen molar-refractivity contribution in [3.05, 3.63) is 33.8 Å². The predicted octanol–water partition coefficient (Wildman–Crippen LogP) is 2.92. The zero-order chi connectivity index (χ0) is 7.56. The van der Waals surface area contributed by atoms with E-state index in [1.165, 1.54) is 0 Å². The van der Waals surface area contributed by atoms with E-state index in [1.807, 2.05) is 0 Å². The molecule has 0 saturated carbocycles. The molecule has 1 nitrogen and oxygen atoms in total. The van der Waals surface area contributed by atoms with Gasteiger partial charge in [0.05, 0.1) is 10.0 Å². The summed E-state index contributed by atoms with van der Waals surface area (Å²) in [6.07, 6.45) is 0. The van der Waals surface area contributed by atoms with Gasteiger partial charge < -0.3 is 0 Å². The number of hydrogen-bond acceptors (Lipinski definition) is 0. The quantitative estimate of drug-likeness (QED) is 0.626. The Morgan fingerprint density at radius 2 is 2.00 bits per heavy atom. The first-order valence-electron chi connectivity index (χ1n) is 2.76. The second kappa shape index (κ2) is 3.24. The molecule has 0 fully saturated rings. The van der Waals surface area contributed by atoms with Gasteiger partial charge in [-0.05, 0) is 6.07 Å². The van der Waals surface area contributed by atoms with E-state index in [4.69, 9.17) is 23.2 Å². The highest BCUT2D eigenvalue weighted by molar-refractivity contribution is 6.42. The van der Waals surface area contributed by atoms with Crippen LogP contribution in [0.5, 0.6) is 0 Å². The molecule has 3 heteroatoms. The maximum atomic E-state index is 10.4. The minimum absolute atomic E-state index is 0.320. The van der Waals surface area contributed by atoms with Gasteiger partial charge in [0.1, 0.15) is 6.61 Å². The van der Waals surface area contributed by atoms with Crippen LogP contribution >= 0.6 is 23.2 Å². The molecule has 0 aromatic heterocycles. The average Bonchev–Trinajstić information content (AvgIpc) is 1.95. The molecule has 0 unspecified atom stereocenters. The molecule has 0 aliphatic rings. The maximum Gasteiger partial charge on any atom is 0.109 e. The minimum Gasteiger partial charge on any atom is -0.232 e. The third-order valence-corrected chi connectivity index (χ3v) is 2.05. The minimum atomic E-state index is -0.320. The van der Waals surface area contributed by atoms with Crippen LogP contribution in [0.25, 0.3) is 0 Å². The fourth-order valence-electron chi connectivity index (χ4n) is 0.660. The molecule has 0 aliphatic carbocycles. The molecule has 0 spiro atoms. The number of hydrogen-bond donors (Lipinski definition) is 0. The lowest BCUT2D eigenvalue weighted by Gasteiger charge is -1.98. The molecule has 0 aliphatic heterocycles. The standard InChI is InChI=1S/C7H5Cl2O/c8-6-3-1-2-5(4-10)7(6)9/h1-3H,4H2. The van der Waals surface area contributed by atoms with E-state index in [9.17, 15) is 5.11 Å². The Labute approximate surface area is 69.2 Å². The first-order valence-corrected chi connectivity index (χ1v) is 3.52. The predicted molar refractivity (Wildman–Crippen MR) is 40.9 cm³/mol. The summed E-state index contributed by atoms with van der Waals surface area (Å²) in [7, 11) is 0. The van der Waals surface area contributed by atoms with Crippen molar-refractivity contribution in [2.45, 2.75) is 6.61 Å². The summed E-state index contributed by atoms with van der Waals surface area (Å²) >= 11 is 11.3. The van der Waals surface area contributed by atoms with Gasteiger partial charge >= 0.3 is 0 Å². The van der Waals surface area contributed by atoms with Crippen molar-refractivity contribution in [3.63, 3.8) is 0 Å². The zero-order valence-corrected chi connectivity index (χ0v) is 6.62. The Kier molecular flexibility index (Phi) is 2.55. The van der Waals surface area contributed by atoms with E-state index >= 15 is 0 Å². The highest BCUT2D eigenvalue weighted by Crippen LogP contribution is 2.25. The molecule has 53 valence electrons. The Bertz CT molecular complexity index is 235. The number of halogens is 2. The van der Waals surface area contributed by atoms with Gasteiger partial charge in [0, 0.05) is 5.56 Å². The Morgan fingerprint density at radius 1 is 1.30 bits per heavy atom. The van der Waals surface area contributed by atoms with E-state index in [0.717, 1.165) is 0 Å². The summed E-state index contributed by atoms with van der Waals surface area (Å²) in [5, 5.41) is 11.2. The fraction of sp³-hybridized carbons (Fsp3) is 0.143. The second-order valence-corrected chi connectivity index (χ2v) is 2.64. The van der Waals surface area contributed by atoms with Gasteiger partial charge in [0.25, 0.3) is 0 Å². The third-order valence-electron chi connectivity index (χ3n) is 1.19. The molecule has 1 aromatic carbocycles. The monoisotopic (exact) mass is 175 g/mol. The van der Waals surface area contributed by atoms with Crippen LogP contribution in [0, 0.1) is 0 Å². The van der Waals surface area contributed by atoms with Crippen LogP contribution in [0.3, 0.4) is 0 Å². The molecule has 1 aromatic rings. The summed E-state index contributed by atoms with van der Waals surface area (Å²) in [5.74, 6) is 0. The first kappa shape index (κ1) is 7.86. The van der Waals surface area contributed by atoms with E-state index < -0.39 is 0 Å². The summed E-state index contributed by atoms with van der Waals surface area (Å²) in [6.45, 7) is -0.320. The smallest absolute Gasteiger partial charge is 0.109 e.